The Bertz CT molecular complexity index is 260. The van der Waals surface area contributed by atoms with E-state index in [9.17, 15) is 4.79 Å². The highest BCUT2D eigenvalue weighted by Gasteiger charge is 2.45. The van der Waals surface area contributed by atoms with Gasteiger partial charge in [-0.25, -0.2) is 0 Å². The first-order valence-electron chi connectivity index (χ1n) is 5.87. The lowest BCUT2D eigenvalue weighted by Crippen LogP contribution is -2.51. The van der Waals surface area contributed by atoms with E-state index in [0.29, 0.717) is 25.2 Å². The standard InChI is InChI=1S/C12H20O3/c1-3-11(2)9-12(5-7-14-11)8-10(13)4-6-15-12/h3-9H2,1-2H3. The van der Waals surface area contributed by atoms with Crippen molar-refractivity contribution in [3.05, 3.63) is 0 Å². The molecule has 0 aromatic carbocycles. The van der Waals surface area contributed by atoms with Gasteiger partial charge < -0.3 is 9.47 Å². The van der Waals surface area contributed by atoms with E-state index in [4.69, 9.17) is 9.47 Å². The predicted octanol–water partition coefficient (Wildman–Crippen LogP) is 2.08. The summed E-state index contributed by atoms with van der Waals surface area (Å²) in [5.41, 5.74) is -0.311. The Morgan fingerprint density at radius 3 is 2.80 bits per heavy atom. The van der Waals surface area contributed by atoms with Crippen LogP contribution in [0, 0.1) is 0 Å². The Kier molecular flexibility index (Phi) is 2.86. The van der Waals surface area contributed by atoms with Crippen molar-refractivity contribution in [1.82, 2.24) is 0 Å². The first kappa shape index (κ1) is 11.1. The van der Waals surface area contributed by atoms with E-state index in [-0.39, 0.29) is 11.2 Å². The smallest absolute Gasteiger partial charge is 0.138 e. The molecule has 3 heteroatoms. The van der Waals surface area contributed by atoms with Crippen LogP contribution < -0.4 is 0 Å². The predicted molar refractivity (Wildman–Crippen MR) is 56.8 cm³/mol. The molecule has 2 heterocycles. The van der Waals surface area contributed by atoms with Crippen LogP contribution in [0.5, 0.6) is 0 Å². The van der Waals surface area contributed by atoms with Crippen LogP contribution in [0.3, 0.4) is 0 Å². The van der Waals surface area contributed by atoms with Gasteiger partial charge in [0.25, 0.3) is 0 Å². The molecule has 2 rings (SSSR count). The SMILES string of the molecule is CCC1(C)CC2(CCO1)CC(=O)CCO2. The molecule has 2 atom stereocenters. The average molecular weight is 212 g/mol. The first-order valence-corrected chi connectivity index (χ1v) is 5.87. The Morgan fingerprint density at radius 1 is 1.33 bits per heavy atom. The van der Waals surface area contributed by atoms with Crippen LogP contribution >= 0.6 is 0 Å². The fourth-order valence-electron chi connectivity index (χ4n) is 2.69. The van der Waals surface area contributed by atoms with Gasteiger partial charge in [0.05, 0.1) is 24.4 Å². The van der Waals surface area contributed by atoms with Crippen molar-refractivity contribution in [3.8, 4) is 0 Å². The molecule has 0 aromatic heterocycles. The summed E-state index contributed by atoms with van der Waals surface area (Å²) >= 11 is 0. The second-order valence-electron chi connectivity index (χ2n) is 5.08. The molecule has 2 saturated heterocycles. The van der Waals surface area contributed by atoms with Gasteiger partial charge in [0.15, 0.2) is 0 Å². The van der Waals surface area contributed by atoms with Gasteiger partial charge in [-0.3, -0.25) is 4.79 Å². The van der Waals surface area contributed by atoms with Crippen LogP contribution in [0.15, 0.2) is 0 Å². The number of ketones is 1. The second kappa shape index (κ2) is 3.87. The zero-order chi connectivity index (χ0) is 10.9. The topological polar surface area (TPSA) is 35.5 Å². The number of rotatable bonds is 1. The third-order valence-corrected chi connectivity index (χ3v) is 3.76. The fraction of sp³-hybridized carbons (Fsp3) is 0.917. The van der Waals surface area contributed by atoms with Gasteiger partial charge >= 0.3 is 0 Å². The van der Waals surface area contributed by atoms with Crippen LogP contribution in [0.4, 0.5) is 0 Å². The van der Waals surface area contributed by atoms with E-state index in [0.717, 1.165) is 25.9 Å². The molecule has 1 spiro atoms. The first-order chi connectivity index (χ1) is 7.08. The number of carbonyl (C=O) groups is 1. The Morgan fingerprint density at radius 2 is 2.13 bits per heavy atom. The highest BCUT2D eigenvalue weighted by Crippen LogP contribution is 2.40. The highest BCUT2D eigenvalue weighted by atomic mass is 16.5. The van der Waals surface area contributed by atoms with Crippen molar-refractivity contribution < 1.29 is 14.3 Å². The monoisotopic (exact) mass is 212 g/mol. The molecule has 2 fully saturated rings. The van der Waals surface area contributed by atoms with E-state index in [1.165, 1.54) is 0 Å². The van der Waals surface area contributed by atoms with Crippen LogP contribution in [0.25, 0.3) is 0 Å². The summed E-state index contributed by atoms with van der Waals surface area (Å²) in [5, 5.41) is 0. The van der Waals surface area contributed by atoms with Gasteiger partial charge in [0.1, 0.15) is 5.78 Å². The molecule has 0 amide bonds. The highest BCUT2D eigenvalue weighted by molar-refractivity contribution is 5.80. The zero-order valence-electron chi connectivity index (χ0n) is 9.67. The molecule has 0 radical (unpaired) electrons. The van der Waals surface area contributed by atoms with Gasteiger partial charge in [-0.2, -0.15) is 0 Å². The molecule has 2 unspecified atom stereocenters. The van der Waals surface area contributed by atoms with E-state index >= 15 is 0 Å². The van der Waals surface area contributed by atoms with Crippen molar-refractivity contribution in [2.24, 2.45) is 0 Å². The summed E-state index contributed by atoms with van der Waals surface area (Å²) in [6, 6.07) is 0. The van der Waals surface area contributed by atoms with Gasteiger partial charge in [0, 0.05) is 25.7 Å². The maximum Gasteiger partial charge on any atom is 0.138 e. The molecular weight excluding hydrogens is 192 g/mol. The lowest BCUT2D eigenvalue weighted by Gasteiger charge is -2.47. The third-order valence-electron chi connectivity index (χ3n) is 3.76. The summed E-state index contributed by atoms with van der Waals surface area (Å²) < 4.78 is 11.7. The van der Waals surface area contributed by atoms with E-state index in [1.54, 1.807) is 0 Å². The lowest BCUT2D eigenvalue weighted by molar-refractivity contribution is -0.191. The summed E-state index contributed by atoms with van der Waals surface area (Å²) in [7, 11) is 0. The van der Waals surface area contributed by atoms with Crippen molar-refractivity contribution >= 4 is 5.78 Å². The molecule has 15 heavy (non-hydrogen) atoms. The zero-order valence-corrected chi connectivity index (χ0v) is 9.67. The Balaban J connectivity index is 2.10. The number of ether oxygens (including phenoxy) is 2. The second-order valence-corrected chi connectivity index (χ2v) is 5.08. The van der Waals surface area contributed by atoms with Crippen molar-refractivity contribution in [2.45, 2.75) is 57.2 Å². The maximum absolute atomic E-state index is 11.5. The van der Waals surface area contributed by atoms with Gasteiger partial charge in [-0.05, 0) is 13.3 Å². The van der Waals surface area contributed by atoms with E-state index in [1.807, 2.05) is 0 Å². The quantitative estimate of drug-likeness (QED) is 0.667. The average Bonchev–Trinajstić information content (AvgIpc) is 2.17. The van der Waals surface area contributed by atoms with E-state index < -0.39 is 0 Å². The maximum atomic E-state index is 11.5. The summed E-state index contributed by atoms with van der Waals surface area (Å²) in [4.78, 5) is 11.5. The minimum Gasteiger partial charge on any atom is -0.375 e. The van der Waals surface area contributed by atoms with Crippen molar-refractivity contribution in [1.29, 1.82) is 0 Å². The molecule has 0 aromatic rings. The van der Waals surface area contributed by atoms with Crippen LogP contribution in [0.1, 0.15) is 46.0 Å². The third kappa shape index (κ3) is 2.23. The van der Waals surface area contributed by atoms with Gasteiger partial charge in [-0.15, -0.1) is 0 Å². The van der Waals surface area contributed by atoms with Gasteiger partial charge in [0.2, 0.25) is 0 Å². The lowest BCUT2D eigenvalue weighted by atomic mass is 9.77. The molecule has 0 bridgehead atoms. The minimum absolute atomic E-state index is 0.101. The molecule has 0 aliphatic carbocycles. The van der Waals surface area contributed by atoms with Crippen LogP contribution in [0.2, 0.25) is 0 Å². The molecule has 3 nitrogen and oxygen atoms in total. The van der Waals surface area contributed by atoms with Gasteiger partial charge in [-0.1, -0.05) is 6.92 Å². The van der Waals surface area contributed by atoms with E-state index in [2.05, 4.69) is 13.8 Å². The van der Waals surface area contributed by atoms with Crippen LogP contribution in [-0.4, -0.2) is 30.2 Å². The Labute approximate surface area is 91.1 Å². The molecular formula is C12H20O3. The molecule has 0 N–H and O–H groups in total. The number of hydrogen-bond donors (Lipinski definition) is 0. The largest absolute Gasteiger partial charge is 0.375 e. The summed E-state index contributed by atoms with van der Waals surface area (Å²) in [6.07, 6.45) is 3.89. The van der Waals surface area contributed by atoms with Crippen molar-refractivity contribution in [3.63, 3.8) is 0 Å². The molecule has 0 saturated carbocycles. The molecule has 2 aliphatic heterocycles. The van der Waals surface area contributed by atoms with Crippen LogP contribution in [-0.2, 0) is 14.3 Å². The number of hydrogen-bond acceptors (Lipinski definition) is 3. The molecule has 86 valence electrons. The normalized spacial score (nSPS) is 42.1. The Hall–Kier alpha value is -0.410. The number of Topliss-reactive ketones (excluding diaryl/α,β-unsaturated/α-hetero) is 1. The number of carbonyl (C=O) groups excluding carboxylic acids is 1. The minimum atomic E-state index is -0.210. The van der Waals surface area contributed by atoms with Crippen molar-refractivity contribution in [2.75, 3.05) is 13.2 Å². The summed E-state index contributed by atoms with van der Waals surface area (Å²) in [6.45, 7) is 5.57. The summed E-state index contributed by atoms with van der Waals surface area (Å²) in [5.74, 6) is 0.349. The fourth-order valence-corrected chi connectivity index (χ4v) is 2.69. The molecule has 2 aliphatic rings.